The van der Waals surface area contributed by atoms with Crippen LogP contribution >= 0.6 is 0 Å². The molecule has 5 nitrogen and oxygen atoms in total. The third kappa shape index (κ3) is 6.32. The number of hydrogen-bond acceptors (Lipinski definition) is 2. The molecule has 0 N–H and O–H groups in total. The summed E-state index contributed by atoms with van der Waals surface area (Å²) in [6.45, 7) is 0. The number of fused-ring (bicyclic) bond motifs is 9. The maximum Gasteiger partial charge on any atom is 0.160 e. The van der Waals surface area contributed by atoms with Gasteiger partial charge in [0.1, 0.15) is 0 Å². The van der Waals surface area contributed by atoms with E-state index in [4.69, 9.17) is 9.97 Å². The molecule has 4 aromatic heterocycles. The van der Waals surface area contributed by atoms with Crippen LogP contribution in [0.1, 0.15) is 0 Å². The average Bonchev–Trinajstić information content (AvgIpc) is 4.06. The molecule has 0 spiro atoms. The molecule has 14 rings (SSSR count). The standard InChI is InChI=1S/C64H41N5/c1-4-17-42(18-5-1)56-41-57(43-19-6-2-7-20-43)66-64(65-56)46-21-16-24-48(37-46)68-62-35-32-45(44-31-34-61-53(38-44)52-27-12-15-30-60(52)67(61)47-22-8-3-9-23-47)39-54(62)55-40-49(33-36-63(55)68)69-58-28-13-10-25-50(58)51-26-11-14-29-59(51)69/h1-41H. The minimum absolute atomic E-state index is 0.678. The van der Waals surface area contributed by atoms with Gasteiger partial charge in [0.05, 0.1) is 44.5 Å². The van der Waals surface area contributed by atoms with Gasteiger partial charge in [-0.15, -0.1) is 0 Å². The van der Waals surface area contributed by atoms with E-state index in [2.05, 4.69) is 250 Å². The number of nitrogens with zero attached hydrogens (tertiary/aromatic N) is 5. The van der Waals surface area contributed by atoms with E-state index < -0.39 is 0 Å². The highest BCUT2D eigenvalue weighted by Gasteiger charge is 2.20. The van der Waals surface area contributed by atoms with E-state index >= 15 is 0 Å². The minimum atomic E-state index is 0.678. The summed E-state index contributed by atoms with van der Waals surface area (Å²) in [5, 5.41) is 7.30. The second-order valence-electron chi connectivity index (χ2n) is 17.8. The van der Waals surface area contributed by atoms with Gasteiger partial charge in [0, 0.05) is 66.1 Å². The second kappa shape index (κ2) is 15.7. The van der Waals surface area contributed by atoms with Crippen molar-refractivity contribution in [2.45, 2.75) is 0 Å². The van der Waals surface area contributed by atoms with Crippen LogP contribution in [0.25, 0.3) is 128 Å². The highest BCUT2D eigenvalue weighted by Crippen LogP contribution is 2.41. The van der Waals surface area contributed by atoms with Crippen molar-refractivity contribution in [1.29, 1.82) is 0 Å². The van der Waals surface area contributed by atoms with E-state index in [0.29, 0.717) is 5.82 Å². The Labute approximate surface area is 398 Å². The summed E-state index contributed by atoms with van der Waals surface area (Å²) in [4.78, 5) is 10.4. The Morgan fingerprint density at radius 1 is 0.217 bits per heavy atom. The first-order valence-electron chi connectivity index (χ1n) is 23.5. The lowest BCUT2D eigenvalue weighted by atomic mass is 10.0. The molecular weight excluding hydrogens is 839 g/mol. The summed E-state index contributed by atoms with van der Waals surface area (Å²) in [6.07, 6.45) is 0. The molecule has 5 heteroatoms. The van der Waals surface area contributed by atoms with Crippen LogP contribution in [0, 0.1) is 0 Å². The van der Waals surface area contributed by atoms with Crippen molar-refractivity contribution < 1.29 is 0 Å². The van der Waals surface area contributed by atoms with E-state index in [9.17, 15) is 0 Å². The zero-order valence-corrected chi connectivity index (χ0v) is 37.4. The van der Waals surface area contributed by atoms with Crippen LogP contribution in [-0.4, -0.2) is 23.7 Å². The summed E-state index contributed by atoms with van der Waals surface area (Å²) in [5.41, 5.74) is 17.5. The molecule has 0 fully saturated rings. The van der Waals surface area contributed by atoms with Crippen molar-refractivity contribution in [3.63, 3.8) is 0 Å². The Morgan fingerprint density at radius 2 is 0.594 bits per heavy atom. The number of aromatic nitrogens is 5. The highest BCUT2D eigenvalue weighted by atomic mass is 15.0. The lowest BCUT2D eigenvalue weighted by molar-refractivity contribution is 1.15. The highest BCUT2D eigenvalue weighted by molar-refractivity contribution is 6.14. The van der Waals surface area contributed by atoms with Gasteiger partial charge in [0.2, 0.25) is 0 Å². The van der Waals surface area contributed by atoms with E-state index in [1.807, 2.05) is 12.1 Å². The second-order valence-corrected chi connectivity index (χ2v) is 17.8. The number of rotatable bonds is 7. The predicted octanol–water partition coefficient (Wildman–Crippen LogP) is 16.4. The van der Waals surface area contributed by atoms with Gasteiger partial charge in [-0.3, -0.25) is 0 Å². The number of para-hydroxylation sites is 4. The van der Waals surface area contributed by atoms with E-state index in [1.54, 1.807) is 0 Å². The Balaban J connectivity index is 0.981. The first kappa shape index (κ1) is 38.9. The summed E-state index contributed by atoms with van der Waals surface area (Å²) < 4.78 is 7.19. The summed E-state index contributed by atoms with van der Waals surface area (Å²) in [7, 11) is 0. The zero-order valence-electron chi connectivity index (χ0n) is 37.4. The largest absolute Gasteiger partial charge is 0.309 e. The van der Waals surface area contributed by atoms with E-state index in [-0.39, 0.29) is 0 Å². The molecule has 0 unspecified atom stereocenters. The molecule has 69 heavy (non-hydrogen) atoms. The maximum absolute atomic E-state index is 5.22. The molecule has 0 aliphatic rings. The molecule has 4 heterocycles. The minimum Gasteiger partial charge on any atom is -0.309 e. The molecule has 0 atom stereocenters. The monoisotopic (exact) mass is 879 g/mol. The van der Waals surface area contributed by atoms with Crippen LogP contribution < -0.4 is 0 Å². The molecule has 0 aliphatic heterocycles. The van der Waals surface area contributed by atoms with Gasteiger partial charge in [-0.25, -0.2) is 9.97 Å². The van der Waals surface area contributed by atoms with Crippen molar-refractivity contribution in [3.8, 4) is 62.1 Å². The first-order valence-corrected chi connectivity index (χ1v) is 23.5. The van der Waals surface area contributed by atoms with Gasteiger partial charge in [-0.05, 0) is 102 Å². The first-order chi connectivity index (χ1) is 34.2. The van der Waals surface area contributed by atoms with E-state index in [1.165, 1.54) is 59.9 Å². The van der Waals surface area contributed by atoms with Gasteiger partial charge in [-0.1, -0.05) is 158 Å². The third-order valence-corrected chi connectivity index (χ3v) is 13.8. The van der Waals surface area contributed by atoms with Crippen molar-refractivity contribution in [2.24, 2.45) is 0 Å². The molecule has 0 bridgehead atoms. The van der Waals surface area contributed by atoms with Gasteiger partial charge in [0.25, 0.3) is 0 Å². The normalized spacial score (nSPS) is 11.8. The average molecular weight is 880 g/mol. The molecule has 10 aromatic carbocycles. The van der Waals surface area contributed by atoms with Crippen LogP contribution in [0.2, 0.25) is 0 Å². The smallest absolute Gasteiger partial charge is 0.160 e. The van der Waals surface area contributed by atoms with Crippen LogP contribution in [0.5, 0.6) is 0 Å². The lowest BCUT2D eigenvalue weighted by Crippen LogP contribution is -1.98. The third-order valence-electron chi connectivity index (χ3n) is 13.8. The van der Waals surface area contributed by atoms with Crippen molar-refractivity contribution in [2.75, 3.05) is 0 Å². The van der Waals surface area contributed by atoms with Gasteiger partial charge >= 0.3 is 0 Å². The van der Waals surface area contributed by atoms with Gasteiger partial charge in [-0.2, -0.15) is 0 Å². The van der Waals surface area contributed by atoms with Crippen molar-refractivity contribution in [3.05, 3.63) is 249 Å². The molecule has 0 saturated heterocycles. The fourth-order valence-electron chi connectivity index (χ4n) is 10.7. The van der Waals surface area contributed by atoms with Crippen LogP contribution in [0.15, 0.2) is 249 Å². The SMILES string of the molecule is c1ccc(-c2cc(-c3ccccc3)nc(-c3cccc(-n4c5ccc(-c6ccc7c(c6)c6ccccc6n7-c6ccccc6)cc5c5cc(-n6c7ccccc7c7ccccc76)ccc54)c3)n2)cc1. The van der Waals surface area contributed by atoms with E-state index in [0.717, 1.165) is 61.7 Å². The number of hydrogen-bond donors (Lipinski definition) is 0. The van der Waals surface area contributed by atoms with Crippen molar-refractivity contribution in [1.82, 2.24) is 23.7 Å². The molecular formula is C64H41N5. The lowest BCUT2D eigenvalue weighted by Gasteiger charge is -2.13. The Morgan fingerprint density at radius 3 is 1.14 bits per heavy atom. The Bertz CT molecular complexity index is 4180. The summed E-state index contributed by atoms with van der Waals surface area (Å²) >= 11 is 0. The molecule has 0 radical (unpaired) electrons. The summed E-state index contributed by atoms with van der Waals surface area (Å²) in [6, 6.07) is 89.3. The molecule has 0 amide bonds. The maximum atomic E-state index is 5.22. The van der Waals surface area contributed by atoms with Crippen molar-refractivity contribution >= 4 is 65.4 Å². The quantitative estimate of drug-likeness (QED) is 0.160. The Kier molecular flexibility index (Phi) is 8.83. The fraction of sp³-hybridized carbons (Fsp3) is 0. The molecule has 322 valence electrons. The Hall–Kier alpha value is -9.32. The van der Waals surface area contributed by atoms with Gasteiger partial charge in [0.15, 0.2) is 5.82 Å². The molecule has 0 aliphatic carbocycles. The molecule has 14 aromatic rings. The topological polar surface area (TPSA) is 40.6 Å². The van der Waals surface area contributed by atoms with Crippen LogP contribution in [-0.2, 0) is 0 Å². The van der Waals surface area contributed by atoms with Gasteiger partial charge < -0.3 is 13.7 Å². The van der Waals surface area contributed by atoms with Crippen LogP contribution in [0.4, 0.5) is 0 Å². The zero-order chi connectivity index (χ0) is 45.4. The van der Waals surface area contributed by atoms with Crippen LogP contribution in [0.3, 0.4) is 0 Å². The summed E-state index contributed by atoms with van der Waals surface area (Å²) in [5.74, 6) is 0.678. The number of benzene rings is 10. The predicted molar refractivity (Wildman–Crippen MR) is 287 cm³/mol. The molecule has 0 saturated carbocycles. The fourth-order valence-corrected chi connectivity index (χ4v) is 10.7.